The van der Waals surface area contributed by atoms with E-state index >= 15 is 0 Å². The molecule has 1 rings (SSSR count). The third-order valence-corrected chi connectivity index (χ3v) is 2.93. The molecule has 0 spiro atoms. The first-order valence-corrected chi connectivity index (χ1v) is 5.92. The van der Waals surface area contributed by atoms with Crippen LogP contribution in [0.3, 0.4) is 0 Å². The van der Waals surface area contributed by atoms with Crippen LogP contribution in [0.25, 0.3) is 0 Å². The van der Waals surface area contributed by atoms with Crippen LogP contribution in [0, 0.1) is 0 Å². The predicted molar refractivity (Wildman–Crippen MR) is 74.4 cm³/mol. The fourth-order valence-corrected chi connectivity index (χ4v) is 1.66. The van der Waals surface area contributed by atoms with E-state index in [1.807, 2.05) is 6.92 Å². The smallest absolute Gasteiger partial charge is 0.209 e. The first kappa shape index (κ1) is 14.1. The Morgan fingerprint density at radius 3 is 2.65 bits per heavy atom. The quantitative estimate of drug-likeness (QED) is 0.389. The summed E-state index contributed by atoms with van der Waals surface area (Å²) in [4.78, 5) is 3.90. The maximum absolute atomic E-state index is 5.98. The highest BCUT2D eigenvalue weighted by Gasteiger charge is 2.07. The molecule has 0 aliphatic carbocycles. The standard InChI is InChI=1S/C10H11Cl3N4/c1-2-15-10(14)17-16-5-6-7(11)3-4-8(12)9(6)13/h3-5H,2H2,1H3,(H3,14,15,17). The van der Waals surface area contributed by atoms with Gasteiger partial charge in [-0.05, 0) is 19.1 Å². The van der Waals surface area contributed by atoms with E-state index < -0.39 is 0 Å². The number of hydrogen-bond donors (Lipinski definition) is 2. The Labute approximate surface area is 114 Å². The van der Waals surface area contributed by atoms with Gasteiger partial charge in [-0.2, -0.15) is 5.10 Å². The maximum atomic E-state index is 5.98. The van der Waals surface area contributed by atoms with Crippen molar-refractivity contribution < 1.29 is 0 Å². The summed E-state index contributed by atoms with van der Waals surface area (Å²) in [6, 6.07) is 3.25. The first-order chi connectivity index (χ1) is 8.06. The molecule has 0 amide bonds. The molecule has 4 nitrogen and oxygen atoms in total. The van der Waals surface area contributed by atoms with E-state index in [1.165, 1.54) is 6.21 Å². The van der Waals surface area contributed by atoms with Crippen LogP contribution in [-0.2, 0) is 0 Å². The summed E-state index contributed by atoms with van der Waals surface area (Å²) in [6.45, 7) is 2.44. The van der Waals surface area contributed by atoms with Crippen LogP contribution in [-0.4, -0.2) is 18.7 Å². The second-order valence-electron chi connectivity index (χ2n) is 2.99. The topological polar surface area (TPSA) is 62.8 Å². The van der Waals surface area contributed by atoms with Gasteiger partial charge in [0.25, 0.3) is 0 Å². The zero-order valence-corrected chi connectivity index (χ0v) is 11.3. The van der Waals surface area contributed by atoms with Gasteiger partial charge in [-0.3, -0.25) is 4.99 Å². The highest BCUT2D eigenvalue weighted by atomic mass is 35.5. The second kappa shape index (κ2) is 6.69. The molecule has 0 saturated heterocycles. The van der Waals surface area contributed by atoms with E-state index in [0.29, 0.717) is 27.2 Å². The van der Waals surface area contributed by atoms with Gasteiger partial charge in [-0.15, -0.1) is 0 Å². The Hall–Kier alpha value is -0.970. The number of nitrogens with zero attached hydrogens (tertiary/aromatic N) is 2. The Morgan fingerprint density at radius 2 is 2.00 bits per heavy atom. The van der Waals surface area contributed by atoms with Gasteiger partial charge in [-0.1, -0.05) is 34.8 Å². The van der Waals surface area contributed by atoms with Crippen LogP contribution < -0.4 is 11.2 Å². The van der Waals surface area contributed by atoms with Gasteiger partial charge in [-0.25, -0.2) is 5.43 Å². The number of rotatable bonds is 3. The average Bonchev–Trinajstić information content (AvgIpc) is 2.29. The minimum Gasteiger partial charge on any atom is -0.369 e. The van der Waals surface area contributed by atoms with Crippen molar-refractivity contribution in [2.45, 2.75) is 6.92 Å². The van der Waals surface area contributed by atoms with Crippen molar-refractivity contribution in [1.29, 1.82) is 0 Å². The van der Waals surface area contributed by atoms with Crippen LogP contribution in [0.1, 0.15) is 12.5 Å². The summed E-state index contributed by atoms with van der Waals surface area (Å²) < 4.78 is 0. The average molecular weight is 294 g/mol. The van der Waals surface area contributed by atoms with Crippen LogP contribution in [0.4, 0.5) is 0 Å². The molecule has 0 aliphatic rings. The molecule has 3 N–H and O–H groups in total. The first-order valence-electron chi connectivity index (χ1n) is 4.78. The SMILES string of the molecule is CCN=C(N)NN=Cc1c(Cl)ccc(Cl)c1Cl. The molecular weight excluding hydrogens is 282 g/mol. The Bertz CT molecular complexity index is 457. The summed E-state index contributed by atoms with van der Waals surface area (Å²) >= 11 is 17.8. The predicted octanol–water partition coefficient (Wildman–Crippen LogP) is 2.90. The second-order valence-corrected chi connectivity index (χ2v) is 4.18. The largest absolute Gasteiger partial charge is 0.369 e. The summed E-state index contributed by atoms with van der Waals surface area (Å²) in [7, 11) is 0. The van der Waals surface area contributed by atoms with Crippen molar-refractivity contribution in [3.05, 3.63) is 32.8 Å². The summed E-state index contributed by atoms with van der Waals surface area (Å²) in [5.74, 6) is 0.220. The van der Waals surface area contributed by atoms with Crippen LogP contribution in [0.15, 0.2) is 22.2 Å². The monoisotopic (exact) mass is 292 g/mol. The Balaban J connectivity index is 2.85. The lowest BCUT2D eigenvalue weighted by Gasteiger charge is -2.03. The molecule has 0 aromatic heterocycles. The molecule has 0 heterocycles. The van der Waals surface area contributed by atoms with Crippen LogP contribution in [0.5, 0.6) is 0 Å². The Morgan fingerprint density at radius 1 is 1.35 bits per heavy atom. The molecule has 0 atom stereocenters. The zero-order valence-electron chi connectivity index (χ0n) is 9.04. The summed E-state index contributed by atoms with van der Waals surface area (Å²) in [5, 5.41) is 5.07. The number of halogens is 3. The highest BCUT2D eigenvalue weighted by Crippen LogP contribution is 2.29. The lowest BCUT2D eigenvalue weighted by Crippen LogP contribution is -2.27. The van der Waals surface area contributed by atoms with Crippen molar-refractivity contribution in [3.8, 4) is 0 Å². The van der Waals surface area contributed by atoms with E-state index in [0.717, 1.165) is 0 Å². The third kappa shape index (κ3) is 4.07. The van der Waals surface area contributed by atoms with Crippen molar-refractivity contribution in [2.24, 2.45) is 15.8 Å². The third-order valence-electron chi connectivity index (χ3n) is 1.78. The van der Waals surface area contributed by atoms with Crippen molar-refractivity contribution in [2.75, 3.05) is 6.54 Å². The van der Waals surface area contributed by atoms with Gasteiger partial charge >= 0.3 is 0 Å². The van der Waals surface area contributed by atoms with Crippen LogP contribution in [0.2, 0.25) is 15.1 Å². The zero-order chi connectivity index (χ0) is 12.8. The number of hydrogen-bond acceptors (Lipinski definition) is 2. The fraction of sp³-hybridized carbons (Fsp3) is 0.200. The van der Waals surface area contributed by atoms with Gasteiger partial charge in [0.2, 0.25) is 5.96 Å². The van der Waals surface area contributed by atoms with E-state index in [2.05, 4.69) is 15.5 Å². The lowest BCUT2D eigenvalue weighted by molar-refractivity contribution is 0.981. The summed E-state index contributed by atoms with van der Waals surface area (Å²) in [5.41, 5.74) is 8.56. The van der Waals surface area contributed by atoms with Gasteiger partial charge in [0.15, 0.2) is 0 Å². The van der Waals surface area contributed by atoms with Crippen molar-refractivity contribution in [3.63, 3.8) is 0 Å². The van der Waals surface area contributed by atoms with E-state index in [4.69, 9.17) is 40.5 Å². The molecule has 17 heavy (non-hydrogen) atoms. The van der Waals surface area contributed by atoms with Gasteiger partial charge in [0.05, 0.1) is 21.3 Å². The molecule has 92 valence electrons. The highest BCUT2D eigenvalue weighted by molar-refractivity contribution is 6.45. The minimum atomic E-state index is 0.220. The molecule has 1 aromatic carbocycles. The molecule has 0 saturated carbocycles. The van der Waals surface area contributed by atoms with Crippen molar-refractivity contribution >= 4 is 47.0 Å². The molecule has 0 bridgehead atoms. The number of nitrogens with two attached hydrogens (primary N) is 1. The number of benzene rings is 1. The molecule has 7 heteroatoms. The van der Waals surface area contributed by atoms with Crippen LogP contribution >= 0.6 is 34.8 Å². The number of guanidine groups is 1. The number of aliphatic imine (C=N–C) groups is 1. The van der Waals surface area contributed by atoms with Gasteiger partial charge < -0.3 is 5.73 Å². The maximum Gasteiger partial charge on any atom is 0.209 e. The minimum absolute atomic E-state index is 0.220. The van der Waals surface area contributed by atoms with E-state index in [-0.39, 0.29) is 5.96 Å². The molecule has 0 fully saturated rings. The fourth-order valence-electron chi connectivity index (χ4n) is 1.03. The summed E-state index contributed by atoms with van der Waals surface area (Å²) in [6.07, 6.45) is 1.44. The molecule has 0 unspecified atom stereocenters. The van der Waals surface area contributed by atoms with E-state index in [9.17, 15) is 0 Å². The number of nitrogens with one attached hydrogen (secondary N) is 1. The van der Waals surface area contributed by atoms with Gasteiger partial charge in [0.1, 0.15) is 0 Å². The molecule has 0 radical (unpaired) electrons. The number of hydrazone groups is 1. The molecular formula is C10H11Cl3N4. The normalized spacial score (nSPS) is 12.1. The van der Waals surface area contributed by atoms with E-state index in [1.54, 1.807) is 12.1 Å². The Kier molecular flexibility index (Phi) is 5.55. The van der Waals surface area contributed by atoms with Gasteiger partial charge in [0, 0.05) is 12.1 Å². The van der Waals surface area contributed by atoms with Crippen molar-refractivity contribution in [1.82, 2.24) is 5.43 Å². The molecule has 0 aliphatic heterocycles. The molecule has 1 aromatic rings. The lowest BCUT2D eigenvalue weighted by atomic mass is 10.2.